The summed E-state index contributed by atoms with van der Waals surface area (Å²) in [6, 6.07) is 4.79. The lowest BCUT2D eigenvalue weighted by molar-refractivity contribution is -0.385. The fourth-order valence-corrected chi connectivity index (χ4v) is 1.79. The summed E-state index contributed by atoms with van der Waals surface area (Å²) in [6.45, 7) is 2.38. The molecule has 18 heavy (non-hydrogen) atoms. The number of hydrogen-bond donors (Lipinski definition) is 2. The molecule has 0 spiro atoms. The Hall–Kier alpha value is -1.76. The Labute approximate surface area is 109 Å². The summed E-state index contributed by atoms with van der Waals surface area (Å²) in [6.07, 6.45) is 0.791. The van der Waals surface area contributed by atoms with Crippen LogP contribution in [0.25, 0.3) is 0 Å². The van der Waals surface area contributed by atoms with Crippen LogP contribution in [0.4, 0.5) is 5.69 Å². The first-order chi connectivity index (χ1) is 8.54. The Morgan fingerprint density at radius 1 is 1.61 bits per heavy atom. The molecule has 0 amide bonds. The van der Waals surface area contributed by atoms with Gasteiger partial charge in [0, 0.05) is 11.8 Å². The van der Waals surface area contributed by atoms with Gasteiger partial charge in [0.05, 0.1) is 11.5 Å². The number of hydrogen-bond acceptors (Lipinski definition) is 5. The zero-order valence-electron chi connectivity index (χ0n) is 10.0. The molecule has 98 valence electrons. The molecule has 1 aromatic carbocycles. The predicted octanol–water partition coefficient (Wildman–Crippen LogP) is 2.51. The maximum Gasteiger partial charge on any atom is 0.311 e. The molecule has 0 aliphatic rings. The van der Waals surface area contributed by atoms with Crippen LogP contribution in [0, 0.1) is 15.5 Å². The van der Waals surface area contributed by atoms with E-state index in [2.05, 4.69) is 0 Å². The van der Waals surface area contributed by atoms with Gasteiger partial charge in [-0.15, -0.1) is 0 Å². The van der Waals surface area contributed by atoms with Crippen molar-refractivity contribution in [3.8, 4) is 5.75 Å². The first-order valence-electron chi connectivity index (χ1n) is 5.41. The SMILES string of the molecule is CCCOc1ccc(CSC(=N)N)cc1[N+](=O)[O-]. The van der Waals surface area contributed by atoms with Crippen LogP contribution in [0.1, 0.15) is 18.9 Å². The third-order valence-electron chi connectivity index (χ3n) is 2.08. The monoisotopic (exact) mass is 269 g/mol. The molecule has 1 rings (SSSR count). The number of nitro groups is 1. The lowest BCUT2D eigenvalue weighted by atomic mass is 10.2. The van der Waals surface area contributed by atoms with Gasteiger partial charge < -0.3 is 10.5 Å². The van der Waals surface area contributed by atoms with E-state index in [1.807, 2.05) is 6.92 Å². The zero-order chi connectivity index (χ0) is 13.5. The zero-order valence-corrected chi connectivity index (χ0v) is 10.8. The number of amidine groups is 1. The highest BCUT2D eigenvalue weighted by atomic mass is 32.2. The summed E-state index contributed by atoms with van der Waals surface area (Å²) < 4.78 is 5.31. The number of rotatable bonds is 6. The van der Waals surface area contributed by atoms with Gasteiger partial charge in [0.1, 0.15) is 0 Å². The van der Waals surface area contributed by atoms with Gasteiger partial charge in [-0.2, -0.15) is 0 Å². The second-order valence-electron chi connectivity index (χ2n) is 3.56. The minimum absolute atomic E-state index is 0.0102. The maximum absolute atomic E-state index is 10.9. The van der Waals surface area contributed by atoms with E-state index in [-0.39, 0.29) is 16.6 Å². The van der Waals surface area contributed by atoms with Crippen molar-refractivity contribution in [3.63, 3.8) is 0 Å². The molecule has 3 N–H and O–H groups in total. The van der Waals surface area contributed by atoms with E-state index in [0.29, 0.717) is 12.4 Å². The van der Waals surface area contributed by atoms with Crippen molar-refractivity contribution in [1.82, 2.24) is 0 Å². The normalized spacial score (nSPS) is 10.1. The molecule has 0 aromatic heterocycles. The number of nitrogens with one attached hydrogen (secondary N) is 1. The summed E-state index contributed by atoms with van der Waals surface area (Å²) in [7, 11) is 0. The van der Waals surface area contributed by atoms with E-state index < -0.39 is 4.92 Å². The average Bonchev–Trinajstić information content (AvgIpc) is 2.34. The van der Waals surface area contributed by atoms with Gasteiger partial charge in [0.15, 0.2) is 10.9 Å². The molecule has 0 radical (unpaired) electrons. The standard InChI is InChI=1S/C11H15N3O3S/c1-2-5-17-10-4-3-8(7-18-11(12)13)6-9(10)14(15)16/h3-4,6H,2,5,7H2,1H3,(H3,12,13). The molecule has 7 heteroatoms. The molecule has 0 heterocycles. The molecule has 0 bridgehead atoms. The molecule has 1 aromatic rings. The number of nitro benzene ring substituents is 1. The number of nitrogens with zero attached hydrogens (tertiary/aromatic N) is 1. The van der Waals surface area contributed by atoms with Crippen LogP contribution in [0.5, 0.6) is 5.75 Å². The van der Waals surface area contributed by atoms with Crippen molar-refractivity contribution in [2.45, 2.75) is 19.1 Å². The molecular formula is C11H15N3O3S. The van der Waals surface area contributed by atoms with Gasteiger partial charge in [-0.1, -0.05) is 24.8 Å². The Kier molecular flexibility index (Phi) is 5.44. The van der Waals surface area contributed by atoms with E-state index in [4.69, 9.17) is 15.9 Å². The van der Waals surface area contributed by atoms with Crippen LogP contribution in [0.2, 0.25) is 0 Å². The minimum atomic E-state index is -0.465. The van der Waals surface area contributed by atoms with E-state index in [1.54, 1.807) is 12.1 Å². The highest BCUT2D eigenvalue weighted by Crippen LogP contribution is 2.29. The van der Waals surface area contributed by atoms with Crippen LogP contribution in [-0.4, -0.2) is 16.7 Å². The van der Waals surface area contributed by atoms with Gasteiger partial charge in [-0.05, 0) is 18.1 Å². The number of nitrogens with two attached hydrogens (primary N) is 1. The van der Waals surface area contributed by atoms with E-state index in [9.17, 15) is 10.1 Å². The molecule has 0 aliphatic heterocycles. The largest absolute Gasteiger partial charge is 0.487 e. The summed E-state index contributed by atoms with van der Waals surface area (Å²) >= 11 is 1.13. The Morgan fingerprint density at radius 2 is 2.33 bits per heavy atom. The molecule has 0 atom stereocenters. The van der Waals surface area contributed by atoms with Gasteiger partial charge in [-0.3, -0.25) is 15.5 Å². The van der Waals surface area contributed by atoms with Gasteiger partial charge in [0.2, 0.25) is 0 Å². The quantitative estimate of drug-likeness (QED) is 0.357. The van der Waals surface area contributed by atoms with Crippen molar-refractivity contribution in [1.29, 1.82) is 5.41 Å². The minimum Gasteiger partial charge on any atom is -0.487 e. The Balaban J connectivity index is 2.88. The molecular weight excluding hydrogens is 254 g/mol. The molecule has 0 unspecified atom stereocenters. The summed E-state index contributed by atoms with van der Waals surface area (Å²) in [5, 5.41) is 18.0. The topological polar surface area (TPSA) is 102 Å². The third kappa shape index (κ3) is 4.25. The molecule has 0 aliphatic carbocycles. The number of ether oxygens (including phenoxy) is 1. The van der Waals surface area contributed by atoms with Crippen molar-refractivity contribution in [3.05, 3.63) is 33.9 Å². The molecule has 0 saturated heterocycles. The Morgan fingerprint density at radius 3 is 2.89 bits per heavy atom. The average molecular weight is 269 g/mol. The van der Waals surface area contributed by atoms with Crippen molar-refractivity contribution >= 4 is 22.6 Å². The third-order valence-corrected chi connectivity index (χ3v) is 2.86. The fraction of sp³-hybridized carbons (Fsp3) is 0.364. The fourth-order valence-electron chi connectivity index (χ4n) is 1.29. The van der Waals surface area contributed by atoms with E-state index in [0.717, 1.165) is 23.7 Å². The Bertz CT molecular complexity index is 451. The highest BCUT2D eigenvalue weighted by Gasteiger charge is 2.15. The van der Waals surface area contributed by atoms with E-state index >= 15 is 0 Å². The van der Waals surface area contributed by atoms with Crippen LogP contribution in [-0.2, 0) is 5.75 Å². The van der Waals surface area contributed by atoms with Crippen LogP contribution >= 0.6 is 11.8 Å². The number of thioether (sulfide) groups is 1. The van der Waals surface area contributed by atoms with Gasteiger partial charge in [0.25, 0.3) is 0 Å². The first kappa shape index (κ1) is 14.3. The summed E-state index contributed by atoms with van der Waals surface area (Å²) in [4.78, 5) is 10.5. The summed E-state index contributed by atoms with van der Waals surface area (Å²) in [5.41, 5.74) is 5.91. The van der Waals surface area contributed by atoms with Crippen molar-refractivity contribution in [2.24, 2.45) is 5.73 Å². The molecule has 0 saturated carbocycles. The second-order valence-corrected chi connectivity index (χ2v) is 4.58. The van der Waals surface area contributed by atoms with Crippen molar-refractivity contribution in [2.75, 3.05) is 6.61 Å². The van der Waals surface area contributed by atoms with Gasteiger partial charge >= 0.3 is 5.69 Å². The number of benzene rings is 1. The molecule has 0 fully saturated rings. The lowest BCUT2D eigenvalue weighted by Gasteiger charge is -2.07. The second kappa shape index (κ2) is 6.85. The molecule has 6 nitrogen and oxygen atoms in total. The summed E-state index contributed by atoms with van der Waals surface area (Å²) in [5.74, 6) is 0.711. The smallest absolute Gasteiger partial charge is 0.311 e. The highest BCUT2D eigenvalue weighted by molar-refractivity contribution is 8.13. The van der Waals surface area contributed by atoms with Gasteiger partial charge in [-0.25, -0.2) is 0 Å². The van der Waals surface area contributed by atoms with Crippen LogP contribution in [0.15, 0.2) is 18.2 Å². The predicted molar refractivity (Wildman–Crippen MR) is 72.1 cm³/mol. The van der Waals surface area contributed by atoms with Crippen molar-refractivity contribution < 1.29 is 9.66 Å². The lowest BCUT2D eigenvalue weighted by Crippen LogP contribution is -2.04. The first-order valence-corrected chi connectivity index (χ1v) is 6.40. The van der Waals surface area contributed by atoms with E-state index in [1.165, 1.54) is 6.07 Å². The van der Waals surface area contributed by atoms with Crippen LogP contribution < -0.4 is 10.5 Å². The maximum atomic E-state index is 10.9. The van der Waals surface area contributed by atoms with Crippen LogP contribution in [0.3, 0.4) is 0 Å².